The number of nitrogens with two attached hydrogens (primary N) is 1. The van der Waals surface area contributed by atoms with Crippen molar-refractivity contribution in [3.05, 3.63) is 91.8 Å². The molecule has 8 nitrogen and oxygen atoms in total. The van der Waals surface area contributed by atoms with Crippen LogP contribution >= 0.6 is 51.5 Å². The van der Waals surface area contributed by atoms with Crippen molar-refractivity contribution in [2.24, 2.45) is 5.73 Å². The van der Waals surface area contributed by atoms with E-state index in [2.05, 4.69) is 26.2 Å². The van der Waals surface area contributed by atoms with Gasteiger partial charge < -0.3 is 20.7 Å². The van der Waals surface area contributed by atoms with Crippen LogP contribution in [0, 0.1) is 13.8 Å². The van der Waals surface area contributed by atoms with Gasteiger partial charge in [-0.2, -0.15) is 0 Å². The van der Waals surface area contributed by atoms with Gasteiger partial charge in [0, 0.05) is 23.8 Å². The molecule has 2 aromatic heterocycles. The number of halogens is 4. The number of nitrogens with zero attached hydrogens (tertiary/aromatic N) is 3. The van der Waals surface area contributed by atoms with E-state index in [0.717, 1.165) is 15.9 Å². The number of amides is 3. The largest absolute Gasteiger partial charge is 0.485 e. The number of nitrogens with one attached hydrogen (secondary N) is 1. The molecule has 0 saturated heterocycles. The Hall–Kier alpha value is -2.98. The van der Waals surface area contributed by atoms with Gasteiger partial charge in [-0.25, -0.2) is 9.78 Å². The van der Waals surface area contributed by atoms with Crippen LogP contribution < -0.4 is 20.7 Å². The van der Waals surface area contributed by atoms with Crippen molar-refractivity contribution in [1.82, 2.24) is 14.7 Å². The van der Waals surface area contributed by atoms with Crippen LogP contribution in [0.4, 0.5) is 10.5 Å². The molecule has 0 fully saturated rings. The summed E-state index contributed by atoms with van der Waals surface area (Å²) in [5.41, 5.74) is 9.33. The van der Waals surface area contributed by atoms with Gasteiger partial charge in [0.25, 0.3) is 5.91 Å². The summed E-state index contributed by atoms with van der Waals surface area (Å²) < 4.78 is 8.76. The monoisotopic (exact) mass is 639 g/mol. The Balaban J connectivity index is 0.00000400. The molecule has 2 heterocycles. The number of hydrogen-bond donors (Lipinski definition) is 2. The van der Waals surface area contributed by atoms with Crippen molar-refractivity contribution in [1.29, 1.82) is 0 Å². The number of aromatic nitrogens is 2. The number of primary amides is 1. The summed E-state index contributed by atoms with van der Waals surface area (Å²) in [5, 5.41) is 3.15. The van der Waals surface area contributed by atoms with E-state index in [1.54, 1.807) is 37.4 Å². The summed E-state index contributed by atoms with van der Waals surface area (Å²) in [6.07, 6.45) is 1.87. The zero-order valence-corrected chi connectivity index (χ0v) is 24.6. The Morgan fingerprint density at radius 1 is 1.16 bits per heavy atom. The van der Waals surface area contributed by atoms with Crippen LogP contribution in [-0.4, -0.2) is 28.4 Å². The maximum atomic E-state index is 13.5. The number of rotatable bonds is 7. The number of pyridine rings is 1. The Morgan fingerprint density at radius 3 is 2.50 bits per heavy atom. The molecule has 2 aromatic carbocycles. The number of imidazole rings is 1. The van der Waals surface area contributed by atoms with Crippen molar-refractivity contribution >= 4 is 74.8 Å². The van der Waals surface area contributed by atoms with Gasteiger partial charge in [-0.3, -0.25) is 9.20 Å². The second-order valence-electron chi connectivity index (χ2n) is 8.45. The topological polar surface area (TPSA) is 102 Å². The minimum atomic E-state index is -1.01. The van der Waals surface area contributed by atoms with Gasteiger partial charge in [0.15, 0.2) is 11.4 Å². The first-order valence-corrected chi connectivity index (χ1v) is 12.8. The standard InChI is InChI=1S/C26H24BrCl2N5O3.ClH/c1-14-6-8-16(9-7-14)22(32-26(30)36)25(35)33(3)19-11-10-18(28)17(21(19)29)13-37-20-5-4-12-34-23(27)15(2)31-24(20)34;/h4-12,22H,13H2,1-3H3,(H3,30,32,36);1H. The maximum Gasteiger partial charge on any atom is 0.313 e. The Bertz CT molecular complexity index is 1490. The third kappa shape index (κ3) is 6.02. The zero-order chi connectivity index (χ0) is 26.9. The third-order valence-electron chi connectivity index (χ3n) is 5.89. The van der Waals surface area contributed by atoms with Crippen LogP contribution in [0.3, 0.4) is 0 Å². The molecule has 0 aliphatic heterocycles. The lowest BCUT2D eigenvalue weighted by Gasteiger charge is -2.26. The summed E-state index contributed by atoms with van der Waals surface area (Å²) in [4.78, 5) is 31.1. The lowest BCUT2D eigenvalue weighted by molar-refractivity contribution is -0.120. The molecule has 1 atom stereocenters. The highest BCUT2D eigenvalue weighted by molar-refractivity contribution is 9.10. The highest BCUT2D eigenvalue weighted by Crippen LogP contribution is 2.36. The van der Waals surface area contributed by atoms with Gasteiger partial charge in [-0.05, 0) is 59.6 Å². The van der Waals surface area contributed by atoms with Crippen LogP contribution in [0.1, 0.15) is 28.4 Å². The molecule has 1 unspecified atom stereocenters. The number of benzene rings is 2. The second-order valence-corrected chi connectivity index (χ2v) is 9.99. The molecule has 4 rings (SSSR count). The smallest absolute Gasteiger partial charge is 0.313 e. The Kier molecular flexibility index (Phi) is 9.54. The number of carbonyl (C=O) groups is 2. The maximum absolute atomic E-state index is 13.5. The van der Waals surface area contributed by atoms with Crippen molar-refractivity contribution in [2.75, 3.05) is 11.9 Å². The van der Waals surface area contributed by atoms with E-state index in [1.807, 2.05) is 42.6 Å². The number of hydrogen-bond acceptors (Lipinski definition) is 4. The number of aryl methyl sites for hydroxylation is 2. The SMILES string of the molecule is Cc1ccc(C(NC(N)=O)C(=O)N(C)c2ccc(Cl)c(COc3cccn4c(Br)c(C)nc34)c2Cl)cc1.Cl. The first-order chi connectivity index (χ1) is 17.6. The molecule has 3 N–H and O–H groups in total. The quantitative estimate of drug-likeness (QED) is 0.244. The summed E-state index contributed by atoms with van der Waals surface area (Å²) >= 11 is 16.7. The molecule has 0 aliphatic rings. The minimum Gasteiger partial charge on any atom is -0.485 e. The van der Waals surface area contributed by atoms with Gasteiger partial charge in [-0.1, -0.05) is 53.0 Å². The van der Waals surface area contributed by atoms with Crippen LogP contribution in [0.15, 0.2) is 59.3 Å². The number of likely N-dealkylation sites (N-methyl/N-ethyl adjacent to an activating group) is 1. The molecule has 200 valence electrons. The van der Waals surface area contributed by atoms with Gasteiger partial charge in [-0.15, -0.1) is 12.4 Å². The number of ether oxygens (including phenoxy) is 1. The lowest BCUT2D eigenvalue weighted by atomic mass is 10.0. The molecular formula is C26H25BrCl3N5O3. The van der Waals surface area contributed by atoms with E-state index in [0.29, 0.717) is 33.2 Å². The van der Waals surface area contributed by atoms with E-state index < -0.39 is 18.0 Å². The molecule has 38 heavy (non-hydrogen) atoms. The van der Waals surface area contributed by atoms with E-state index in [4.69, 9.17) is 33.7 Å². The van der Waals surface area contributed by atoms with Crippen LogP contribution in [0.25, 0.3) is 5.65 Å². The summed E-state index contributed by atoms with van der Waals surface area (Å²) in [7, 11) is 1.57. The van der Waals surface area contributed by atoms with E-state index in [1.165, 1.54) is 4.90 Å². The molecular weight excluding hydrogens is 617 g/mol. The van der Waals surface area contributed by atoms with E-state index in [9.17, 15) is 9.59 Å². The Morgan fingerprint density at radius 2 is 1.84 bits per heavy atom. The molecule has 3 amide bonds. The van der Waals surface area contributed by atoms with Gasteiger partial charge in [0.2, 0.25) is 0 Å². The summed E-state index contributed by atoms with van der Waals surface area (Å²) in [5.74, 6) is 0.115. The molecule has 0 bridgehead atoms. The van der Waals surface area contributed by atoms with E-state index in [-0.39, 0.29) is 24.0 Å². The summed E-state index contributed by atoms with van der Waals surface area (Å²) in [6.45, 7) is 3.86. The normalized spacial score (nSPS) is 11.5. The average molecular weight is 642 g/mol. The van der Waals surface area contributed by atoms with Gasteiger partial charge in [0.05, 0.1) is 16.4 Å². The molecule has 0 radical (unpaired) electrons. The third-order valence-corrected chi connectivity index (χ3v) is 7.62. The fourth-order valence-electron chi connectivity index (χ4n) is 3.87. The zero-order valence-electron chi connectivity index (χ0n) is 20.7. The molecule has 0 saturated carbocycles. The number of carbonyl (C=O) groups excluding carboxylic acids is 2. The van der Waals surface area contributed by atoms with Gasteiger partial charge >= 0.3 is 6.03 Å². The number of fused-ring (bicyclic) bond motifs is 1. The molecule has 0 aliphatic carbocycles. The first kappa shape index (κ1) is 29.6. The van der Waals surface area contributed by atoms with Crippen LogP contribution in [-0.2, 0) is 11.4 Å². The lowest BCUT2D eigenvalue weighted by Crippen LogP contribution is -2.43. The minimum absolute atomic E-state index is 0. The average Bonchev–Trinajstić information content (AvgIpc) is 3.16. The van der Waals surface area contributed by atoms with Crippen molar-refractivity contribution in [3.63, 3.8) is 0 Å². The molecule has 0 spiro atoms. The van der Waals surface area contributed by atoms with Crippen molar-refractivity contribution in [2.45, 2.75) is 26.5 Å². The van der Waals surface area contributed by atoms with Crippen LogP contribution in [0.2, 0.25) is 10.0 Å². The highest BCUT2D eigenvalue weighted by Gasteiger charge is 2.28. The van der Waals surface area contributed by atoms with E-state index >= 15 is 0 Å². The predicted molar refractivity (Wildman–Crippen MR) is 156 cm³/mol. The van der Waals surface area contributed by atoms with Crippen molar-refractivity contribution in [3.8, 4) is 5.75 Å². The second kappa shape index (κ2) is 12.3. The highest BCUT2D eigenvalue weighted by atomic mass is 79.9. The molecule has 12 heteroatoms. The fraction of sp³-hybridized carbons (Fsp3) is 0.192. The first-order valence-electron chi connectivity index (χ1n) is 11.2. The number of anilines is 1. The summed E-state index contributed by atoms with van der Waals surface area (Å²) in [6, 6.07) is 12.3. The van der Waals surface area contributed by atoms with Crippen LogP contribution in [0.5, 0.6) is 5.75 Å². The molecule has 4 aromatic rings. The van der Waals surface area contributed by atoms with Gasteiger partial charge in [0.1, 0.15) is 17.3 Å². The fourth-order valence-corrected chi connectivity index (χ4v) is 4.85. The number of urea groups is 1. The van der Waals surface area contributed by atoms with Crippen molar-refractivity contribution < 1.29 is 14.3 Å². The predicted octanol–water partition coefficient (Wildman–Crippen LogP) is 6.39. The Labute approximate surface area is 244 Å².